The van der Waals surface area contributed by atoms with Crippen LogP contribution in [0.1, 0.15) is 39.5 Å². The Hall–Kier alpha value is -3.72. The third kappa shape index (κ3) is 5.21. The van der Waals surface area contributed by atoms with Gasteiger partial charge < -0.3 is 10.4 Å². The van der Waals surface area contributed by atoms with Crippen LogP contribution in [0.15, 0.2) is 66.7 Å². The maximum atomic E-state index is 12.8. The highest BCUT2D eigenvalue weighted by Crippen LogP contribution is 2.31. The van der Waals surface area contributed by atoms with E-state index < -0.39 is 17.6 Å². The van der Waals surface area contributed by atoms with E-state index in [-0.39, 0.29) is 17.0 Å². The molecule has 0 aliphatic heterocycles. The van der Waals surface area contributed by atoms with Gasteiger partial charge in [0.05, 0.1) is 11.1 Å². The molecular weight excluding hydrogens is 391 g/mol. The number of amides is 1. The summed E-state index contributed by atoms with van der Waals surface area (Å²) in [6.07, 6.45) is -3.59. The monoisotopic (exact) mass is 409 g/mol. The van der Waals surface area contributed by atoms with Gasteiger partial charge in [0, 0.05) is 16.8 Å². The van der Waals surface area contributed by atoms with E-state index in [1.54, 1.807) is 6.07 Å². The van der Waals surface area contributed by atoms with E-state index in [0.717, 1.165) is 24.1 Å². The Bertz CT molecular complexity index is 1120. The first-order valence-electron chi connectivity index (χ1n) is 9.19. The van der Waals surface area contributed by atoms with E-state index in [1.165, 1.54) is 29.8 Å². The van der Waals surface area contributed by atoms with Crippen molar-refractivity contribution in [3.05, 3.63) is 94.5 Å². The molecule has 0 saturated heterocycles. The zero-order valence-electron chi connectivity index (χ0n) is 16.0. The molecule has 2 N–H and O–H groups in total. The van der Waals surface area contributed by atoms with E-state index in [4.69, 9.17) is 0 Å². The van der Waals surface area contributed by atoms with Crippen LogP contribution < -0.4 is 5.32 Å². The Morgan fingerprint density at radius 1 is 0.967 bits per heavy atom. The quantitative estimate of drug-likeness (QED) is 0.551. The highest BCUT2D eigenvalue weighted by Gasteiger charge is 2.30. The smallest absolute Gasteiger partial charge is 0.416 e. The maximum absolute atomic E-state index is 12.8. The fourth-order valence-corrected chi connectivity index (χ4v) is 2.74. The normalized spacial score (nSPS) is 10.8. The standard InChI is InChI=1S/C24H18F3NO2/c1-2-16-6-8-17(9-7-16)10-11-18-12-13-22(29)21(14-18)23(30)28-20-5-3-4-19(15-20)24(25,26)27/h3-9,12-15,29H,2H2,1H3,(H,28,30). The van der Waals surface area contributed by atoms with Gasteiger partial charge in [0.1, 0.15) is 5.75 Å². The van der Waals surface area contributed by atoms with Crippen molar-refractivity contribution in [1.82, 2.24) is 0 Å². The van der Waals surface area contributed by atoms with Crippen molar-refractivity contribution in [3.8, 4) is 17.6 Å². The number of aromatic hydroxyl groups is 1. The molecule has 3 rings (SSSR count). The summed E-state index contributed by atoms with van der Waals surface area (Å²) in [5, 5.41) is 12.4. The minimum Gasteiger partial charge on any atom is -0.507 e. The number of carbonyl (C=O) groups is 1. The lowest BCUT2D eigenvalue weighted by Gasteiger charge is -2.10. The number of hydrogen-bond acceptors (Lipinski definition) is 2. The van der Waals surface area contributed by atoms with E-state index in [9.17, 15) is 23.1 Å². The van der Waals surface area contributed by atoms with Gasteiger partial charge >= 0.3 is 6.18 Å². The number of halogens is 3. The van der Waals surface area contributed by atoms with Crippen LogP contribution >= 0.6 is 0 Å². The van der Waals surface area contributed by atoms with Gasteiger partial charge in [-0.2, -0.15) is 13.2 Å². The summed E-state index contributed by atoms with van der Waals surface area (Å²) in [4.78, 5) is 12.5. The van der Waals surface area contributed by atoms with Crippen molar-refractivity contribution in [1.29, 1.82) is 0 Å². The molecule has 0 aromatic heterocycles. The predicted octanol–water partition coefficient (Wildman–Crippen LogP) is 5.63. The Morgan fingerprint density at radius 2 is 1.63 bits per heavy atom. The largest absolute Gasteiger partial charge is 0.507 e. The van der Waals surface area contributed by atoms with Gasteiger partial charge in [0.25, 0.3) is 5.91 Å². The summed E-state index contributed by atoms with van der Waals surface area (Å²) in [6.45, 7) is 2.06. The summed E-state index contributed by atoms with van der Waals surface area (Å²) in [6, 6.07) is 16.3. The number of phenols is 1. The van der Waals surface area contributed by atoms with Crippen molar-refractivity contribution < 1.29 is 23.1 Å². The molecule has 0 heterocycles. The van der Waals surface area contributed by atoms with E-state index in [0.29, 0.717) is 5.56 Å². The molecule has 0 atom stereocenters. The number of benzene rings is 3. The van der Waals surface area contributed by atoms with Crippen LogP contribution in [0.3, 0.4) is 0 Å². The number of anilines is 1. The lowest BCUT2D eigenvalue weighted by atomic mass is 10.1. The first-order valence-corrected chi connectivity index (χ1v) is 9.19. The Balaban J connectivity index is 1.81. The van der Waals surface area contributed by atoms with Crippen LogP contribution in [0.4, 0.5) is 18.9 Å². The molecule has 6 heteroatoms. The number of hydrogen-bond donors (Lipinski definition) is 2. The summed E-state index contributed by atoms with van der Waals surface area (Å²) < 4.78 is 38.5. The van der Waals surface area contributed by atoms with Crippen LogP contribution in [-0.2, 0) is 12.6 Å². The minimum atomic E-state index is -4.52. The van der Waals surface area contributed by atoms with Crippen LogP contribution in [0.2, 0.25) is 0 Å². The first kappa shape index (κ1) is 21.0. The van der Waals surface area contributed by atoms with Gasteiger partial charge in [-0.1, -0.05) is 37.0 Å². The number of alkyl halides is 3. The van der Waals surface area contributed by atoms with Gasteiger partial charge in [-0.15, -0.1) is 0 Å². The van der Waals surface area contributed by atoms with Gasteiger partial charge in [-0.3, -0.25) is 4.79 Å². The summed E-state index contributed by atoms with van der Waals surface area (Å²) in [5.41, 5.74) is 1.50. The predicted molar refractivity (Wildman–Crippen MR) is 109 cm³/mol. The molecule has 3 aromatic rings. The van der Waals surface area contributed by atoms with E-state index in [1.807, 2.05) is 24.3 Å². The molecule has 0 spiro atoms. The number of aryl methyl sites for hydroxylation is 1. The topological polar surface area (TPSA) is 49.3 Å². The van der Waals surface area contributed by atoms with Crippen LogP contribution in [0.5, 0.6) is 5.75 Å². The molecule has 0 fully saturated rings. The van der Waals surface area contributed by atoms with Crippen molar-refractivity contribution in [2.24, 2.45) is 0 Å². The van der Waals surface area contributed by atoms with E-state index >= 15 is 0 Å². The van der Waals surface area contributed by atoms with Gasteiger partial charge in [-0.25, -0.2) is 0 Å². The maximum Gasteiger partial charge on any atom is 0.416 e. The SMILES string of the molecule is CCc1ccc(C#Cc2ccc(O)c(C(=O)Nc3cccc(C(F)(F)F)c3)c2)cc1. The molecule has 3 aromatic carbocycles. The number of phenolic OH excluding ortho intramolecular Hbond substituents is 1. The first-order chi connectivity index (χ1) is 14.3. The lowest BCUT2D eigenvalue weighted by molar-refractivity contribution is -0.137. The second-order valence-electron chi connectivity index (χ2n) is 6.57. The third-order valence-electron chi connectivity index (χ3n) is 4.40. The molecule has 0 aliphatic carbocycles. The second-order valence-corrected chi connectivity index (χ2v) is 6.57. The van der Waals surface area contributed by atoms with Gasteiger partial charge in [-0.05, 0) is 60.5 Å². The molecule has 3 nitrogen and oxygen atoms in total. The van der Waals surface area contributed by atoms with Crippen LogP contribution in [0, 0.1) is 11.8 Å². The molecular formula is C24H18F3NO2. The van der Waals surface area contributed by atoms with Crippen molar-refractivity contribution in [2.75, 3.05) is 5.32 Å². The van der Waals surface area contributed by atoms with Crippen molar-refractivity contribution in [3.63, 3.8) is 0 Å². The number of carbonyl (C=O) groups excluding carboxylic acids is 1. The molecule has 0 radical (unpaired) electrons. The summed E-state index contributed by atoms with van der Waals surface area (Å²) >= 11 is 0. The molecule has 0 bridgehead atoms. The van der Waals surface area contributed by atoms with E-state index in [2.05, 4.69) is 24.1 Å². The average Bonchev–Trinajstić information content (AvgIpc) is 2.73. The zero-order chi connectivity index (χ0) is 21.7. The Kier molecular flexibility index (Phi) is 6.12. The van der Waals surface area contributed by atoms with Gasteiger partial charge in [0.2, 0.25) is 0 Å². The highest BCUT2D eigenvalue weighted by molar-refractivity contribution is 6.06. The molecule has 30 heavy (non-hydrogen) atoms. The fraction of sp³-hybridized carbons (Fsp3) is 0.125. The second kappa shape index (κ2) is 8.75. The van der Waals surface area contributed by atoms with Crippen molar-refractivity contribution >= 4 is 11.6 Å². The Morgan fingerprint density at radius 3 is 2.30 bits per heavy atom. The number of nitrogens with one attached hydrogen (secondary N) is 1. The lowest BCUT2D eigenvalue weighted by Crippen LogP contribution is -2.13. The van der Waals surface area contributed by atoms with Crippen LogP contribution in [0.25, 0.3) is 0 Å². The zero-order valence-corrected chi connectivity index (χ0v) is 16.0. The van der Waals surface area contributed by atoms with Crippen LogP contribution in [-0.4, -0.2) is 11.0 Å². The Labute approximate surface area is 172 Å². The average molecular weight is 409 g/mol. The molecule has 0 aliphatic rings. The number of rotatable bonds is 3. The molecule has 152 valence electrons. The summed E-state index contributed by atoms with van der Waals surface area (Å²) in [5.74, 6) is 4.88. The van der Waals surface area contributed by atoms with Gasteiger partial charge in [0.15, 0.2) is 0 Å². The minimum absolute atomic E-state index is 0.0262. The molecule has 0 unspecified atom stereocenters. The third-order valence-corrected chi connectivity index (χ3v) is 4.40. The molecule has 1 amide bonds. The highest BCUT2D eigenvalue weighted by atomic mass is 19.4. The molecule has 0 saturated carbocycles. The summed E-state index contributed by atoms with van der Waals surface area (Å²) in [7, 11) is 0. The van der Waals surface area contributed by atoms with Crippen molar-refractivity contribution in [2.45, 2.75) is 19.5 Å². The fourth-order valence-electron chi connectivity index (χ4n) is 2.74.